The minimum absolute atomic E-state index is 0.270. The Balaban J connectivity index is 2.36. The highest BCUT2D eigenvalue weighted by Crippen LogP contribution is 2.29. The van der Waals surface area contributed by atoms with Gasteiger partial charge < -0.3 is 9.84 Å². The van der Waals surface area contributed by atoms with E-state index in [9.17, 15) is 9.90 Å². The van der Waals surface area contributed by atoms with Gasteiger partial charge in [-0.25, -0.2) is 0 Å². The van der Waals surface area contributed by atoms with Gasteiger partial charge in [0.25, 0.3) is 0 Å². The molecule has 0 aliphatic carbocycles. The number of hydrogen-bond donors (Lipinski definition) is 1. The average molecular weight is 306 g/mol. The Labute approximate surface area is 128 Å². The van der Waals surface area contributed by atoms with Gasteiger partial charge in [0.1, 0.15) is 11.7 Å². The van der Waals surface area contributed by atoms with E-state index in [4.69, 9.17) is 16.3 Å². The molecule has 0 amide bonds. The Hall–Kier alpha value is -2.07. The molecule has 1 aromatic heterocycles. The summed E-state index contributed by atoms with van der Waals surface area (Å²) in [6.07, 6.45) is 1.84. The molecule has 2 rings (SSSR count). The van der Waals surface area contributed by atoms with Crippen LogP contribution >= 0.6 is 11.6 Å². The van der Waals surface area contributed by atoms with E-state index >= 15 is 0 Å². The lowest BCUT2D eigenvalue weighted by atomic mass is 9.95. The summed E-state index contributed by atoms with van der Waals surface area (Å²) >= 11 is 6.12. The number of pyridine rings is 1. The summed E-state index contributed by atoms with van der Waals surface area (Å²) in [6, 6.07) is 10.7. The maximum Gasteiger partial charge on any atom is 0.313 e. The summed E-state index contributed by atoms with van der Waals surface area (Å²) in [4.78, 5) is 15.8. The lowest BCUT2D eigenvalue weighted by molar-refractivity contribution is -0.138. The smallest absolute Gasteiger partial charge is 0.313 e. The maximum absolute atomic E-state index is 11.6. The number of ether oxygens (including phenoxy) is 1. The third kappa shape index (κ3) is 3.73. The first kappa shape index (κ1) is 15.3. The third-order valence-electron chi connectivity index (χ3n) is 3.11. The van der Waals surface area contributed by atoms with Crippen LogP contribution in [0.5, 0.6) is 5.75 Å². The Kier molecular flexibility index (Phi) is 5.17. The number of hydrogen-bond acceptors (Lipinski definition) is 3. The molecule has 1 N–H and O–H groups in total. The van der Waals surface area contributed by atoms with E-state index in [1.165, 1.54) is 0 Å². The van der Waals surface area contributed by atoms with Gasteiger partial charge in [-0.05, 0) is 37.1 Å². The normalized spacial score (nSPS) is 11.9. The summed E-state index contributed by atoms with van der Waals surface area (Å²) in [5, 5.41) is 10.1. The zero-order valence-electron chi connectivity index (χ0n) is 11.6. The molecular weight excluding hydrogens is 290 g/mol. The molecule has 1 aromatic carbocycles. The van der Waals surface area contributed by atoms with Gasteiger partial charge in [0.05, 0.1) is 12.3 Å². The van der Waals surface area contributed by atoms with E-state index < -0.39 is 11.9 Å². The summed E-state index contributed by atoms with van der Waals surface area (Å²) in [5.41, 5.74) is 1.20. The average Bonchev–Trinajstić information content (AvgIpc) is 2.47. The maximum atomic E-state index is 11.6. The molecule has 0 aliphatic rings. The van der Waals surface area contributed by atoms with E-state index in [0.717, 1.165) is 5.56 Å². The number of carboxylic acids is 1. The van der Waals surface area contributed by atoms with Crippen molar-refractivity contribution in [3.8, 4) is 5.75 Å². The predicted molar refractivity (Wildman–Crippen MR) is 80.9 cm³/mol. The second-order valence-corrected chi connectivity index (χ2v) is 4.91. The van der Waals surface area contributed by atoms with E-state index in [1.807, 2.05) is 25.1 Å². The van der Waals surface area contributed by atoms with E-state index in [0.29, 0.717) is 23.1 Å². The van der Waals surface area contributed by atoms with Crippen molar-refractivity contribution < 1.29 is 14.6 Å². The van der Waals surface area contributed by atoms with Gasteiger partial charge in [-0.2, -0.15) is 0 Å². The van der Waals surface area contributed by atoms with Crippen LogP contribution in [0.25, 0.3) is 0 Å². The van der Waals surface area contributed by atoms with Crippen molar-refractivity contribution in [3.63, 3.8) is 0 Å². The molecule has 21 heavy (non-hydrogen) atoms. The minimum atomic E-state index is -0.949. The number of rotatable bonds is 6. The van der Waals surface area contributed by atoms with Gasteiger partial charge in [-0.3, -0.25) is 9.78 Å². The topological polar surface area (TPSA) is 59.4 Å². The van der Waals surface area contributed by atoms with Gasteiger partial charge in [0.2, 0.25) is 0 Å². The van der Waals surface area contributed by atoms with Crippen molar-refractivity contribution in [2.75, 3.05) is 6.61 Å². The summed E-state index contributed by atoms with van der Waals surface area (Å²) in [5.74, 6) is -1.25. The van der Waals surface area contributed by atoms with Crippen LogP contribution in [0.15, 0.2) is 42.6 Å². The van der Waals surface area contributed by atoms with Crippen LogP contribution in [0.1, 0.15) is 24.1 Å². The summed E-state index contributed by atoms with van der Waals surface area (Å²) in [7, 11) is 0. The van der Waals surface area contributed by atoms with Crippen LogP contribution in [0.4, 0.5) is 0 Å². The molecule has 5 heteroatoms. The lowest BCUT2D eigenvalue weighted by Gasteiger charge is -2.16. The number of nitrogens with zero attached hydrogens (tertiary/aromatic N) is 1. The summed E-state index contributed by atoms with van der Waals surface area (Å²) < 4.78 is 5.48. The molecule has 0 bridgehead atoms. The Morgan fingerprint density at radius 1 is 1.33 bits per heavy atom. The fourth-order valence-electron chi connectivity index (χ4n) is 2.13. The summed E-state index contributed by atoms with van der Waals surface area (Å²) in [6.45, 7) is 2.30. The number of carboxylic acid groups (broad SMARTS) is 1. The minimum Gasteiger partial charge on any atom is -0.492 e. The van der Waals surface area contributed by atoms with Crippen LogP contribution in [-0.2, 0) is 11.2 Å². The van der Waals surface area contributed by atoms with Gasteiger partial charge in [-0.1, -0.05) is 29.8 Å². The number of carbonyl (C=O) groups is 1. The molecule has 1 heterocycles. The van der Waals surface area contributed by atoms with Crippen molar-refractivity contribution in [3.05, 3.63) is 58.9 Å². The first-order chi connectivity index (χ1) is 10.1. The molecule has 4 nitrogen and oxygen atoms in total. The predicted octanol–water partition coefficient (Wildman–Crippen LogP) is 3.54. The second-order valence-electron chi connectivity index (χ2n) is 4.51. The third-order valence-corrected chi connectivity index (χ3v) is 3.48. The lowest BCUT2D eigenvalue weighted by Crippen LogP contribution is -2.17. The first-order valence-corrected chi connectivity index (χ1v) is 7.05. The van der Waals surface area contributed by atoms with Crippen LogP contribution in [0, 0.1) is 0 Å². The quantitative estimate of drug-likeness (QED) is 0.886. The van der Waals surface area contributed by atoms with E-state index in [2.05, 4.69) is 4.98 Å². The highest BCUT2D eigenvalue weighted by Gasteiger charge is 2.26. The molecule has 0 aliphatic heterocycles. The number of benzene rings is 1. The monoisotopic (exact) mass is 305 g/mol. The highest BCUT2D eigenvalue weighted by atomic mass is 35.5. The van der Waals surface area contributed by atoms with Gasteiger partial charge >= 0.3 is 5.97 Å². The van der Waals surface area contributed by atoms with Crippen LogP contribution in [-0.4, -0.2) is 22.7 Å². The van der Waals surface area contributed by atoms with Crippen molar-refractivity contribution in [2.45, 2.75) is 19.3 Å². The highest BCUT2D eigenvalue weighted by molar-refractivity contribution is 6.31. The fraction of sp³-hybridized carbons (Fsp3) is 0.250. The van der Waals surface area contributed by atoms with Crippen molar-refractivity contribution in [1.82, 2.24) is 4.98 Å². The number of aromatic nitrogens is 1. The van der Waals surface area contributed by atoms with Gasteiger partial charge in [0, 0.05) is 11.2 Å². The number of aliphatic carboxylic acids is 1. The Morgan fingerprint density at radius 3 is 2.76 bits per heavy atom. The molecule has 0 saturated heterocycles. The molecule has 0 spiro atoms. The number of halogens is 1. The molecule has 1 unspecified atom stereocenters. The van der Waals surface area contributed by atoms with Crippen molar-refractivity contribution >= 4 is 17.6 Å². The van der Waals surface area contributed by atoms with Crippen LogP contribution in [0.2, 0.25) is 5.02 Å². The molecule has 110 valence electrons. The Bertz CT molecular complexity index is 630. The standard InChI is InChI=1S/C16H16ClNO3/c1-2-21-14-8-5-9-18-15(14)12(16(19)20)10-11-6-3-4-7-13(11)17/h3-9,12H,2,10H2,1H3,(H,19,20). The Morgan fingerprint density at radius 2 is 2.10 bits per heavy atom. The molecule has 0 radical (unpaired) electrons. The largest absolute Gasteiger partial charge is 0.492 e. The fourth-order valence-corrected chi connectivity index (χ4v) is 2.34. The molecule has 1 atom stereocenters. The van der Waals surface area contributed by atoms with E-state index in [-0.39, 0.29) is 6.42 Å². The van der Waals surface area contributed by atoms with Crippen LogP contribution in [0.3, 0.4) is 0 Å². The molecule has 2 aromatic rings. The zero-order chi connectivity index (χ0) is 15.2. The molecule has 0 fully saturated rings. The van der Waals surface area contributed by atoms with E-state index in [1.54, 1.807) is 24.4 Å². The second kappa shape index (κ2) is 7.09. The first-order valence-electron chi connectivity index (χ1n) is 6.67. The van der Waals surface area contributed by atoms with Crippen molar-refractivity contribution in [1.29, 1.82) is 0 Å². The zero-order valence-corrected chi connectivity index (χ0v) is 12.4. The van der Waals surface area contributed by atoms with Gasteiger partial charge in [0.15, 0.2) is 0 Å². The molecule has 0 saturated carbocycles. The van der Waals surface area contributed by atoms with Gasteiger partial charge in [-0.15, -0.1) is 0 Å². The SMILES string of the molecule is CCOc1cccnc1C(Cc1ccccc1Cl)C(=O)O. The van der Waals surface area contributed by atoms with Crippen LogP contribution < -0.4 is 4.74 Å². The van der Waals surface area contributed by atoms with Crippen molar-refractivity contribution in [2.24, 2.45) is 0 Å². The molecular formula is C16H16ClNO3.